The van der Waals surface area contributed by atoms with E-state index in [0.29, 0.717) is 0 Å². The van der Waals surface area contributed by atoms with Crippen molar-refractivity contribution >= 4 is 16.0 Å². The van der Waals surface area contributed by atoms with Crippen molar-refractivity contribution in [1.82, 2.24) is 4.72 Å². The Labute approximate surface area is 167 Å². The lowest BCUT2D eigenvalue weighted by molar-refractivity contribution is -0.147. The zero-order valence-corrected chi connectivity index (χ0v) is 17.5. The third-order valence-corrected chi connectivity index (χ3v) is 6.00. The van der Waals surface area contributed by atoms with Crippen molar-refractivity contribution in [3.63, 3.8) is 0 Å². The number of hydrogen-bond donors (Lipinski definition) is 1. The lowest BCUT2D eigenvalue weighted by Gasteiger charge is -2.31. The SMILES string of the molecule is COC(=O)C(CC=C(C)C)(Cc1ccccc1)NS(=O)(=O)c1ccc(C)cc1. The zero-order valence-electron chi connectivity index (χ0n) is 16.7. The molecule has 1 N–H and O–H groups in total. The van der Waals surface area contributed by atoms with Gasteiger partial charge in [0, 0.05) is 6.42 Å². The summed E-state index contributed by atoms with van der Waals surface area (Å²) in [5, 5.41) is 0. The average Bonchev–Trinajstić information content (AvgIpc) is 2.66. The van der Waals surface area contributed by atoms with Crippen LogP contribution in [0.15, 0.2) is 71.1 Å². The van der Waals surface area contributed by atoms with E-state index in [0.717, 1.165) is 16.7 Å². The molecule has 28 heavy (non-hydrogen) atoms. The van der Waals surface area contributed by atoms with Crippen molar-refractivity contribution < 1.29 is 17.9 Å². The number of methoxy groups -OCH3 is 1. The van der Waals surface area contributed by atoms with Crippen LogP contribution in [-0.2, 0) is 26.0 Å². The lowest BCUT2D eigenvalue weighted by Crippen LogP contribution is -2.56. The number of esters is 1. The van der Waals surface area contributed by atoms with Gasteiger partial charge in [-0.2, -0.15) is 4.72 Å². The molecule has 2 rings (SSSR count). The van der Waals surface area contributed by atoms with E-state index in [-0.39, 0.29) is 17.7 Å². The van der Waals surface area contributed by atoms with Gasteiger partial charge >= 0.3 is 5.97 Å². The summed E-state index contributed by atoms with van der Waals surface area (Å²) in [6.45, 7) is 5.69. The number of hydrogen-bond acceptors (Lipinski definition) is 4. The van der Waals surface area contributed by atoms with Crippen LogP contribution in [0, 0.1) is 6.92 Å². The third kappa shape index (κ3) is 5.53. The number of nitrogens with one attached hydrogen (secondary N) is 1. The molecule has 0 saturated heterocycles. The number of ether oxygens (including phenoxy) is 1. The monoisotopic (exact) mass is 401 g/mol. The number of benzene rings is 2. The Bertz CT molecular complexity index is 930. The summed E-state index contributed by atoms with van der Waals surface area (Å²) >= 11 is 0. The Morgan fingerprint density at radius 2 is 1.68 bits per heavy atom. The Balaban J connectivity index is 2.52. The second-order valence-electron chi connectivity index (χ2n) is 7.14. The molecule has 0 radical (unpaired) electrons. The first-order chi connectivity index (χ1) is 13.2. The number of carbonyl (C=O) groups excluding carboxylic acids is 1. The highest BCUT2D eigenvalue weighted by Gasteiger charge is 2.42. The topological polar surface area (TPSA) is 72.5 Å². The van der Waals surface area contributed by atoms with Gasteiger partial charge in [-0.3, -0.25) is 4.79 Å². The Hall–Kier alpha value is -2.44. The predicted molar refractivity (Wildman–Crippen MR) is 110 cm³/mol. The molecule has 0 aliphatic heterocycles. The van der Waals surface area contributed by atoms with Crippen LogP contribution in [0.2, 0.25) is 0 Å². The molecule has 150 valence electrons. The molecule has 0 bridgehead atoms. The van der Waals surface area contributed by atoms with Gasteiger partial charge in [-0.05, 0) is 44.9 Å². The maximum atomic E-state index is 13.1. The third-order valence-electron chi connectivity index (χ3n) is 4.44. The van der Waals surface area contributed by atoms with E-state index in [9.17, 15) is 13.2 Å². The summed E-state index contributed by atoms with van der Waals surface area (Å²) < 4.78 is 33.8. The first-order valence-electron chi connectivity index (χ1n) is 9.05. The Kier molecular flexibility index (Phi) is 7.16. The van der Waals surface area contributed by atoms with Crippen LogP contribution in [-0.4, -0.2) is 27.0 Å². The summed E-state index contributed by atoms with van der Waals surface area (Å²) in [4.78, 5) is 12.9. The van der Waals surface area contributed by atoms with Crippen LogP contribution in [0.5, 0.6) is 0 Å². The molecule has 0 fully saturated rings. The van der Waals surface area contributed by atoms with Crippen LogP contribution in [0.25, 0.3) is 0 Å². The number of allylic oxidation sites excluding steroid dienone is 1. The van der Waals surface area contributed by atoms with E-state index < -0.39 is 21.5 Å². The minimum Gasteiger partial charge on any atom is -0.468 e. The van der Waals surface area contributed by atoms with Gasteiger partial charge in [-0.25, -0.2) is 8.42 Å². The predicted octanol–water partition coefficient (Wildman–Crippen LogP) is 3.78. The van der Waals surface area contributed by atoms with E-state index in [1.165, 1.54) is 19.2 Å². The fourth-order valence-electron chi connectivity index (χ4n) is 2.90. The molecule has 0 aromatic heterocycles. The van der Waals surface area contributed by atoms with Gasteiger partial charge in [0.25, 0.3) is 0 Å². The normalized spacial score (nSPS) is 13.4. The standard InChI is InChI=1S/C22H27NO4S/c1-17(2)14-15-22(21(24)27-4,16-19-8-6-5-7-9-19)23-28(25,26)20-12-10-18(3)11-13-20/h5-14,23H,15-16H2,1-4H3. The van der Waals surface area contributed by atoms with Crippen molar-refractivity contribution in [2.75, 3.05) is 7.11 Å². The Morgan fingerprint density at radius 3 is 2.21 bits per heavy atom. The van der Waals surface area contributed by atoms with E-state index >= 15 is 0 Å². The fourth-order valence-corrected chi connectivity index (χ4v) is 4.26. The van der Waals surface area contributed by atoms with Crippen molar-refractivity contribution in [2.24, 2.45) is 0 Å². The first-order valence-corrected chi connectivity index (χ1v) is 10.5. The van der Waals surface area contributed by atoms with Gasteiger partial charge in [0.1, 0.15) is 5.54 Å². The highest BCUT2D eigenvalue weighted by atomic mass is 32.2. The molecule has 0 spiro atoms. The van der Waals surface area contributed by atoms with Crippen LogP contribution in [0.1, 0.15) is 31.4 Å². The second-order valence-corrected chi connectivity index (χ2v) is 8.82. The van der Waals surface area contributed by atoms with Gasteiger partial charge in [0.15, 0.2) is 0 Å². The summed E-state index contributed by atoms with van der Waals surface area (Å²) in [7, 11) is -2.67. The molecule has 6 heteroatoms. The van der Waals surface area contributed by atoms with Crippen molar-refractivity contribution in [2.45, 2.75) is 44.0 Å². The van der Waals surface area contributed by atoms with E-state index in [1.54, 1.807) is 12.1 Å². The highest BCUT2D eigenvalue weighted by Crippen LogP contribution is 2.25. The summed E-state index contributed by atoms with van der Waals surface area (Å²) in [6, 6.07) is 15.8. The minimum atomic E-state index is -3.94. The van der Waals surface area contributed by atoms with E-state index in [1.807, 2.05) is 57.2 Å². The first kappa shape index (κ1) is 21.9. The van der Waals surface area contributed by atoms with Gasteiger partial charge in [0.05, 0.1) is 12.0 Å². The van der Waals surface area contributed by atoms with Crippen LogP contribution in [0.3, 0.4) is 0 Å². The maximum Gasteiger partial charge on any atom is 0.327 e. The maximum absolute atomic E-state index is 13.1. The molecule has 1 unspecified atom stereocenters. The molecule has 0 saturated carbocycles. The van der Waals surface area contributed by atoms with Crippen LogP contribution < -0.4 is 4.72 Å². The largest absolute Gasteiger partial charge is 0.468 e. The number of rotatable bonds is 8. The molecule has 0 aliphatic rings. The molecule has 2 aromatic rings. The van der Waals surface area contributed by atoms with Crippen molar-refractivity contribution in [3.05, 3.63) is 77.4 Å². The quantitative estimate of drug-likeness (QED) is 0.540. The molecule has 0 heterocycles. The minimum absolute atomic E-state index is 0.108. The molecular formula is C22H27NO4S. The van der Waals surface area contributed by atoms with E-state index in [2.05, 4.69) is 4.72 Å². The van der Waals surface area contributed by atoms with Crippen LogP contribution >= 0.6 is 0 Å². The molecule has 5 nitrogen and oxygen atoms in total. The average molecular weight is 402 g/mol. The number of sulfonamides is 1. The van der Waals surface area contributed by atoms with E-state index in [4.69, 9.17) is 4.74 Å². The van der Waals surface area contributed by atoms with Gasteiger partial charge in [0.2, 0.25) is 10.0 Å². The molecule has 0 amide bonds. The lowest BCUT2D eigenvalue weighted by atomic mass is 9.88. The number of carbonyl (C=O) groups is 1. The van der Waals surface area contributed by atoms with Gasteiger partial charge in [-0.15, -0.1) is 0 Å². The zero-order chi connectivity index (χ0) is 20.8. The number of aryl methyl sites for hydroxylation is 1. The molecule has 1 atom stereocenters. The molecule has 0 aliphatic carbocycles. The van der Waals surface area contributed by atoms with Gasteiger partial charge < -0.3 is 4.74 Å². The van der Waals surface area contributed by atoms with Gasteiger partial charge in [-0.1, -0.05) is 59.7 Å². The summed E-state index contributed by atoms with van der Waals surface area (Å²) in [5.41, 5.74) is 1.32. The second kappa shape index (κ2) is 9.17. The van der Waals surface area contributed by atoms with Crippen LogP contribution in [0.4, 0.5) is 0 Å². The molecule has 2 aromatic carbocycles. The summed E-state index contributed by atoms with van der Waals surface area (Å²) in [5.74, 6) is -0.621. The Morgan fingerprint density at radius 1 is 1.07 bits per heavy atom. The van der Waals surface area contributed by atoms with Crippen molar-refractivity contribution in [3.8, 4) is 0 Å². The summed E-state index contributed by atoms with van der Waals surface area (Å²) in [6.07, 6.45) is 2.20. The fraction of sp³-hybridized carbons (Fsp3) is 0.318. The highest BCUT2D eigenvalue weighted by molar-refractivity contribution is 7.89. The van der Waals surface area contributed by atoms with Crippen molar-refractivity contribution in [1.29, 1.82) is 0 Å². The molecular weight excluding hydrogens is 374 g/mol. The smallest absolute Gasteiger partial charge is 0.327 e.